The third-order valence-corrected chi connectivity index (χ3v) is 2.72. The lowest BCUT2D eigenvalue weighted by molar-refractivity contribution is -0.384. The maximum absolute atomic E-state index is 10.9. The molecule has 1 aliphatic heterocycles. The average Bonchev–Trinajstić information content (AvgIpc) is 2.37. The summed E-state index contributed by atoms with van der Waals surface area (Å²) in [5, 5.41) is 17.1. The molecular formula is C11H16N4O3. The summed E-state index contributed by atoms with van der Waals surface area (Å²) in [6.07, 6.45) is 0. The van der Waals surface area contributed by atoms with Crippen LogP contribution in [-0.4, -0.2) is 42.3 Å². The van der Waals surface area contributed by atoms with E-state index in [9.17, 15) is 10.1 Å². The van der Waals surface area contributed by atoms with Gasteiger partial charge in [0.05, 0.1) is 18.1 Å². The first-order valence-corrected chi connectivity index (χ1v) is 5.84. The summed E-state index contributed by atoms with van der Waals surface area (Å²) in [6, 6.07) is 3.25. The summed E-state index contributed by atoms with van der Waals surface area (Å²) in [6.45, 7) is 4.47. The Kier molecular flexibility index (Phi) is 4.06. The monoisotopic (exact) mass is 252 g/mol. The fraction of sp³-hybridized carbons (Fsp3) is 0.545. The lowest BCUT2D eigenvalue weighted by Gasteiger charge is -2.24. The van der Waals surface area contributed by atoms with E-state index in [1.807, 2.05) is 0 Å². The molecule has 1 aliphatic rings. The van der Waals surface area contributed by atoms with Crippen molar-refractivity contribution in [1.82, 2.24) is 10.3 Å². The number of ether oxygens (including phenoxy) is 1. The molecule has 0 aliphatic carbocycles. The predicted octanol–water partition coefficient (Wildman–Crippen LogP) is 0.699. The Labute approximate surface area is 105 Å². The number of pyridine rings is 1. The molecule has 1 saturated heterocycles. The molecule has 2 heterocycles. The van der Waals surface area contributed by atoms with Crippen molar-refractivity contribution in [2.24, 2.45) is 0 Å². The number of hydrogen-bond donors (Lipinski definition) is 2. The molecule has 1 unspecified atom stereocenters. The minimum Gasteiger partial charge on any atom is -0.378 e. The summed E-state index contributed by atoms with van der Waals surface area (Å²) < 4.78 is 5.32. The fourth-order valence-corrected chi connectivity index (χ4v) is 1.80. The largest absolute Gasteiger partial charge is 0.378 e. The zero-order valence-electron chi connectivity index (χ0n) is 10.2. The molecule has 1 aromatic heterocycles. The maximum Gasteiger partial charge on any atom is 0.311 e. The number of hydrogen-bond acceptors (Lipinski definition) is 6. The van der Waals surface area contributed by atoms with Crippen molar-refractivity contribution < 1.29 is 9.66 Å². The molecule has 0 radical (unpaired) electrons. The first-order valence-electron chi connectivity index (χ1n) is 5.84. The van der Waals surface area contributed by atoms with E-state index in [-0.39, 0.29) is 11.7 Å². The molecule has 0 saturated carbocycles. The molecular weight excluding hydrogens is 236 g/mol. The summed E-state index contributed by atoms with van der Waals surface area (Å²) in [5.74, 6) is 0.312. The highest BCUT2D eigenvalue weighted by Crippen LogP contribution is 2.21. The van der Waals surface area contributed by atoms with Crippen molar-refractivity contribution >= 4 is 11.5 Å². The van der Waals surface area contributed by atoms with E-state index >= 15 is 0 Å². The molecule has 1 fully saturated rings. The van der Waals surface area contributed by atoms with E-state index in [0.29, 0.717) is 25.6 Å². The number of nitro groups is 1. The highest BCUT2D eigenvalue weighted by molar-refractivity contribution is 5.56. The normalized spacial score (nSPS) is 19.5. The van der Waals surface area contributed by atoms with Gasteiger partial charge in [0.2, 0.25) is 5.82 Å². The summed E-state index contributed by atoms with van der Waals surface area (Å²) >= 11 is 0. The van der Waals surface area contributed by atoms with Crippen LogP contribution in [0.5, 0.6) is 0 Å². The first-order chi connectivity index (χ1) is 8.66. The zero-order valence-corrected chi connectivity index (χ0v) is 10.2. The Morgan fingerprint density at radius 3 is 3.17 bits per heavy atom. The Balaban J connectivity index is 2.03. The molecule has 0 amide bonds. The molecule has 18 heavy (non-hydrogen) atoms. The van der Waals surface area contributed by atoms with Gasteiger partial charge in [0.25, 0.3) is 0 Å². The second-order valence-corrected chi connectivity index (χ2v) is 4.18. The highest BCUT2D eigenvalue weighted by Gasteiger charge is 2.18. The van der Waals surface area contributed by atoms with Crippen molar-refractivity contribution in [3.8, 4) is 0 Å². The second kappa shape index (κ2) is 5.74. The van der Waals surface area contributed by atoms with Gasteiger partial charge in [-0.2, -0.15) is 0 Å². The van der Waals surface area contributed by atoms with Gasteiger partial charge < -0.3 is 15.4 Å². The SMILES string of the molecule is Cc1ccc([N+](=O)[O-])c(NCC2COCCN2)n1. The molecule has 1 atom stereocenters. The standard InChI is InChI=1S/C11H16N4O3/c1-8-2-3-10(15(16)17)11(14-8)13-6-9-7-18-5-4-12-9/h2-3,9,12H,4-7H2,1H3,(H,13,14). The van der Waals surface area contributed by atoms with Gasteiger partial charge in [-0.1, -0.05) is 0 Å². The number of morpholine rings is 1. The average molecular weight is 252 g/mol. The van der Waals surface area contributed by atoms with Crippen LogP contribution in [0.15, 0.2) is 12.1 Å². The quantitative estimate of drug-likeness (QED) is 0.605. The molecule has 0 bridgehead atoms. The minimum absolute atomic E-state index is 0.00247. The van der Waals surface area contributed by atoms with Crippen molar-refractivity contribution in [3.05, 3.63) is 27.9 Å². The third kappa shape index (κ3) is 3.14. The molecule has 2 N–H and O–H groups in total. The molecule has 0 spiro atoms. The number of nitrogens with zero attached hydrogens (tertiary/aromatic N) is 2. The van der Waals surface area contributed by atoms with E-state index in [2.05, 4.69) is 15.6 Å². The van der Waals surface area contributed by atoms with Crippen LogP contribution in [-0.2, 0) is 4.74 Å². The number of aryl methyl sites for hydroxylation is 1. The van der Waals surface area contributed by atoms with Gasteiger partial charge in [-0.05, 0) is 13.0 Å². The number of aromatic nitrogens is 1. The van der Waals surface area contributed by atoms with Gasteiger partial charge in [0, 0.05) is 30.9 Å². The van der Waals surface area contributed by atoms with Crippen LogP contribution in [0, 0.1) is 17.0 Å². The molecule has 7 nitrogen and oxygen atoms in total. The smallest absolute Gasteiger partial charge is 0.311 e. The van der Waals surface area contributed by atoms with Crippen molar-refractivity contribution in [2.45, 2.75) is 13.0 Å². The lowest BCUT2D eigenvalue weighted by atomic mass is 10.2. The highest BCUT2D eigenvalue weighted by atomic mass is 16.6. The second-order valence-electron chi connectivity index (χ2n) is 4.18. The Bertz CT molecular complexity index is 432. The molecule has 7 heteroatoms. The van der Waals surface area contributed by atoms with E-state index in [1.165, 1.54) is 6.07 Å². The van der Waals surface area contributed by atoms with Crippen LogP contribution in [0.1, 0.15) is 5.69 Å². The topological polar surface area (TPSA) is 89.3 Å². The molecule has 98 valence electrons. The van der Waals surface area contributed by atoms with Crippen LogP contribution in [0.25, 0.3) is 0 Å². The van der Waals surface area contributed by atoms with Gasteiger partial charge in [-0.3, -0.25) is 10.1 Å². The van der Waals surface area contributed by atoms with Crippen LogP contribution < -0.4 is 10.6 Å². The van der Waals surface area contributed by atoms with Crippen molar-refractivity contribution in [1.29, 1.82) is 0 Å². The van der Waals surface area contributed by atoms with Crippen molar-refractivity contribution in [3.63, 3.8) is 0 Å². The van der Waals surface area contributed by atoms with Gasteiger partial charge in [0.15, 0.2) is 0 Å². The number of anilines is 1. The van der Waals surface area contributed by atoms with E-state index < -0.39 is 4.92 Å². The first kappa shape index (κ1) is 12.7. The summed E-state index contributed by atoms with van der Waals surface area (Å²) in [5.41, 5.74) is 0.744. The Hall–Kier alpha value is -1.73. The Morgan fingerprint density at radius 1 is 1.67 bits per heavy atom. The fourth-order valence-electron chi connectivity index (χ4n) is 1.80. The van der Waals surface area contributed by atoms with Crippen LogP contribution >= 0.6 is 0 Å². The third-order valence-electron chi connectivity index (χ3n) is 2.72. The Morgan fingerprint density at radius 2 is 2.50 bits per heavy atom. The van der Waals surface area contributed by atoms with E-state index in [0.717, 1.165) is 12.2 Å². The molecule has 2 rings (SSSR count). The van der Waals surface area contributed by atoms with Crippen molar-refractivity contribution in [2.75, 3.05) is 31.6 Å². The zero-order chi connectivity index (χ0) is 13.0. The minimum atomic E-state index is -0.431. The van der Waals surface area contributed by atoms with Crippen LogP contribution in [0.4, 0.5) is 11.5 Å². The lowest BCUT2D eigenvalue weighted by Crippen LogP contribution is -2.45. The van der Waals surface area contributed by atoms with E-state index in [1.54, 1.807) is 13.0 Å². The summed E-state index contributed by atoms with van der Waals surface area (Å²) in [7, 11) is 0. The predicted molar refractivity (Wildman–Crippen MR) is 66.7 cm³/mol. The van der Waals surface area contributed by atoms with Crippen LogP contribution in [0.2, 0.25) is 0 Å². The molecule has 0 aromatic carbocycles. The molecule has 1 aromatic rings. The van der Waals surface area contributed by atoms with Gasteiger partial charge in [0.1, 0.15) is 0 Å². The van der Waals surface area contributed by atoms with Gasteiger partial charge >= 0.3 is 5.69 Å². The van der Waals surface area contributed by atoms with E-state index in [4.69, 9.17) is 4.74 Å². The van der Waals surface area contributed by atoms with Gasteiger partial charge in [-0.15, -0.1) is 0 Å². The number of rotatable bonds is 4. The van der Waals surface area contributed by atoms with Crippen LogP contribution in [0.3, 0.4) is 0 Å². The number of nitrogens with one attached hydrogen (secondary N) is 2. The van der Waals surface area contributed by atoms with Gasteiger partial charge in [-0.25, -0.2) is 4.98 Å². The summed E-state index contributed by atoms with van der Waals surface area (Å²) in [4.78, 5) is 14.6. The maximum atomic E-state index is 10.9.